The van der Waals surface area contributed by atoms with Crippen molar-refractivity contribution in [2.75, 3.05) is 50.1 Å². The number of fused-ring (bicyclic) bond motifs is 1. The van der Waals surface area contributed by atoms with E-state index in [0.717, 1.165) is 72.3 Å². The molecule has 2 aliphatic rings. The van der Waals surface area contributed by atoms with Gasteiger partial charge >= 0.3 is 0 Å². The molecule has 9 heteroatoms. The van der Waals surface area contributed by atoms with Gasteiger partial charge < -0.3 is 20.5 Å². The lowest BCUT2D eigenvalue weighted by Crippen LogP contribution is -2.35. The summed E-state index contributed by atoms with van der Waals surface area (Å²) in [4.78, 5) is 11.6. The molecule has 35 heavy (non-hydrogen) atoms. The molecular formula is C26H31N7O2. The number of nitrogens with zero attached hydrogens (tertiary/aromatic N) is 5. The summed E-state index contributed by atoms with van der Waals surface area (Å²) in [5, 5.41) is 21.5. The molecule has 1 aromatic carbocycles. The summed E-state index contributed by atoms with van der Waals surface area (Å²) >= 11 is 0. The van der Waals surface area contributed by atoms with E-state index in [2.05, 4.69) is 50.4 Å². The number of benzene rings is 1. The molecule has 5 rings (SSSR count). The highest BCUT2D eigenvalue weighted by atomic mass is 16.5. The van der Waals surface area contributed by atoms with Crippen LogP contribution in [0.4, 0.5) is 17.3 Å². The van der Waals surface area contributed by atoms with Crippen molar-refractivity contribution < 1.29 is 9.84 Å². The Hall–Kier alpha value is -3.45. The van der Waals surface area contributed by atoms with Crippen LogP contribution in [0.2, 0.25) is 0 Å². The lowest BCUT2D eigenvalue weighted by atomic mass is 9.83. The van der Waals surface area contributed by atoms with Gasteiger partial charge in [0.15, 0.2) is 0 Å². The van der Waals surface area contributed by atoms with Gasteiger partial charge in [-0.15, -0.1) is 5.92 Å². The fraction of sp³-hybridized carbons (Fsp3) is 0.423. The van der Waals surface area contributed by atoms with Crippen molar-refractivity contribution in [2.24, 2.45) is 7.05 Å². The Morgan fingerprint density at radius 3 is 2.89 bits per heavy atom. The van der Waals surface area contributed by atoms with Crippen LogP contribution in [-0.2, 0) is 23.7 Å². The Balaban J connectivity index is 1.45. The van der Waals surface area contributed by atoms with Crippen molar-refractivity contribution in [3.05, 3.63) is 47.4 Å². The molecular weight excluding hydrogens is 442 g/mol. The smallest absolute Gasteiger partial charge is 0.227 e. The standard InChI is InChI=1S/C26H31N7O2/c1-4-5-18-12-19(13-20-24(18)28-16-26(20,2)17-34)21-6-7-27-25(29-21)30-22-14-32(3)31-23(22)15-33-8-10-35-11-9-33/h6-7,12-14,28,34H,8-11,15-17H2,1-3H3,(H,27,29,30). The Labute approximate surface area is 205 Å². The van der Waals surface area contributed by atoms with Gasteiger partial charge in [-0.1, -0.05) is 12.8 Å². The lowest BCUT2D eigenvalue weighted by molar-refractivity contribution is 0.0336. The summed E-state index contributed by atoms with van der Waals surface area (Å²) in [5.41, 5.74) is 6.16. The first-order chi connectivity index (χ1) is 17.0. The largest absolute Gasteiger partial charge is 0.395 e. The van der Waals surface area contributed by atoms with Crippen LogP contribution < -0.4 is 10.6 Å². The van der Waals surface area contributed by atoms with Crippen LogP contribution in [-0.4, -0.2) is 69.2 Å². The van der Waals surface area contributed by atoms with Gasteiger partial charge in [0, 0.05) is 62.2 Å². The quantitative estimate of drug-likeness (QED) is 0.470. The second kappa shape index (κ2) is 9.66. The Morgan fingerprint density at radius 1 is 1.29 bits per heavy atom. The summed E-state index contributed by atoms with van der Waals surface area (Å²) in [6, 6.07) is 6.05. The van der Waals surface area contributed by atoms with E-state index in [1.807, 2.05) is 32.3 Å². The van der Waals surface area contributed by atoms with E-state index in [1.54, 1.807) is 10.9 Å². The van der Waals surface area contributed by atoms with Gasteiger partial charge in [-0.25, -0.2) is 9.97 Å². The molecule has 1 atom stereocenters. The molecule has 4 heterocycles. The molecule has 1 fully saturated rings. The van der Waals surface area contributed by atoms with E-state index in [-0.39, 0.29) is 12.0 Å². The third-order valence-corrected chi connectivity index (χ3v) is 6.63. The number of anilines is 3. The molecule has 0 bridgehead atoms. The summed E-state index contributed by atoms with van der Waals surface area (Å²) in [5.74, 6) is 6.72. The molecule has 0 spiro atoms. The molecule has 0 amide bonds. The van der Waals surface area contributed by atoms with Crippen LogP contribution in [0.1, 0.15) is 30.7 Å². The van der Waals surface area contributed by atoms with Gasteiger partial charge in [0.25, 0.3) is 0 Å². The van der Waals surface area contributed by atoms with Crippen molar-refractivity contribution in [2.45, 2.75) is 25.8 Å². The molecule has 9 nitrogen and oxygen atoms in total. The highest BCUT2D eigenvalue weighted by Crippen LogP contribution is 2.41. The predicted octanol–water partition coefficient (Wildman–Crippen LogP) is 2.50. The zero-order valence-electron chi connectivity index (χ0n) is 20.4. The van der Waals surface area contributed by atoms with Crippen LogP contribution in [0.5, 0.6) is 0 Å². The number of rotatable bonds is 6. The zero-order valence-corrected chi connectivity index (χ0v) is 20.4. The normalized spacial score (nSPS) is 19.5. The Kier molecular flexibility index (Phi) is 6.43. The van der Waals surface area contributed by atoms with Gasteiger partial charge in [-0.3, -0.25) is 9.58 Å². The SMILES string of the molecule is CC#Cc1cc(-c2ccnc(Nc3cn(C)nc3CN3CCOCC3)n2)cc2c1NCC2(C)CO. The molecule has 0 saturated carbocycles. The maximum atomic E-state index is 10.1. The van der Waals surface area contributed by atoms with Crippen molar-refractivity contribution in [1.82, 2.24) is 24.6 Å². The maximum Gasteiger partial charge on any atom is 0.227 e. The fourth-order valence-corrected chi connectivity index (χ4v) is 4.64. The van der Waals surface area contributed by atoms with Gasteiger partial charge in [-0.2, -0.15) is 5.10 Å². The van der Waals surface area contributed by atoms with Crippen molar-refractivity contribution in [3.8, 4) is 23.1 Å². The topological polar surface area (TPSA) is 100 Å². The number of ether oxygens (including phenoxy) is 1. The summed E-state index contributed by atoms with van der Waals surface area (Å²) in [7, 11) is 1.91. The second-order valence-electron chi connectivity index (χ2n) is 9.34. The molecule has 2 aromatic heterocycles. The van der Waals surface area contributed by atoms with Crippen LogP contribution in [0.25, 0.3) is 11.3 Å². The molecule has 2 aliphatic heterocycles. The van der Waals surface area contributed by atoms with Crippen LogP contribution >= 0.6 is 0 Å². The minimum atomic E-state index is -0.367. The van der Waals surface area contributed by atoms with E-state index in [1.165, 1.54) is 0 Å². The number of aryl methyl sites for hydroxylation is 1. The monoisotopic (exact) mass is 473 g/mol. The van der Waals surface area contributed by atoms with Crippen LogP contribution in [0.15, 0.2) is 30.6 Å². The number of hydrogen-bond acceptors (Lipinski definition) is 8. The van der Waals surface area contributed by atoms with Gasteiger partial charge in [0.2, 0.25) is 5.95 Å². The molecule has 3 N–H and O–H groups in total. The molecule has 1 unspecified atom stereocenters. The Morgan fingerprint density at radius 2 is 2.11 bits per heavy atom. The number of aliphatic hydroxyl groups is 1. The summed E-state index contributed by atoms with van der Waals surface area (Å²) in [6.45, 7) is 8.63. The number of aromatic nitrogens is 4. The van der Waals surface area contributed by atoms with Crippen molar-refractivity contribution in [1.29, 1.82) is 0 Å². The van der Waals surface area contributed by atoms with Gasteiger partial charge in [-0.05, 0) is 30.7 Å². The highest BCUT2D eigenvalue weighted by molar-refractivity contribution is 5.77. The number of aliphatic hydroxyl groups excluding tert-OH is 1. The first-order valence-electron chi connectivity index (χ1n) is 11.9. The van der Waals surface area contributed by atoms with E-state index in [4.69, 9.17) is 9.72 Å². The first kappa shape index (κ1) is 23.3. The summed E-state index contributed by atoms with van der Waals surface area (Å²) < 4.78 is 7.27. The minimum absolute atomic E-state index is 0.0545. The molecule has 3 aromatic rings. The first-order valence-corrected chi connectivity index (χ1v) is 11.9. The number of nitrogens with one attached hydrogen (secondary N) is 2. The van der Waals surface area contributed by atoms with Gasteiger partial charge in [0.1, 0.15) is 0 Å². The lowest BCUT2D eigenvalue weighted by Gasteiger charge is -2.26. The minimum Gasteiger partial charge on any atom is -0.395 e. The summed E-state index contributed by atoms with van der Waals surface area (Å²) in [6.07, 6.45) is 3.71. The Bertz CT molecular complexity index is 1290. The second-order valence-corrected chi connectivity index (χ2v) is 9.34. The predicted molar refractivity (Wildman–Crippen MR) is 136 cm³/mol. The molecule has 1 saturated heterocycles. The third kappa shape index (κ3) is 4.73. The average molecular weight is 474 g/mol. The zero-order chi connectivity index (χ0) is 24.4. The van der Waals surface area contributed by atoms with E-state index >= 15 is 0 Å². The molecule has 182 valence electrons. The number of hydrogen-bond donors (Lipinski definition) is 3. The van der Waals surface area contributed by atoms with Crippen LogP contribution in [0, 0.1) is 11.8 Å². The maximum absolute atomic E-state index is 10.1. The van der Waals surface area contributed by atoms with Crippen molar-refractivity contribution in [3.63, 3.8) is 0 Å². The fourth-order valence-electron chi connectivity index (χ4n) is 4.64. The van der Waals surface area contributed by atoms with Gasteiger partial charge in [0.05, 0.1) is 42.6 Å². The average Bonchev–Trinajstić information content (AvgIpc) is 3.39. The van der Waals surface area contributed by atoms with E-state index < -0.39 is 0 Å². The van der Waals surface area contributed by atoms with Crippen molar-refractivity contribution >= 4 is 17.3 Å². The van der Waals surface area contributed by atoms with E-state index in [0.29, 0.717) is 12.5 Å². The molecule has 0 aliphatic carbocycles. The third-order valence-electron chi connectivity index (χ3n) is 6.63. The number of morpholine rings is 1. The van der Waals surface area contributed by atoms with E-state index in [9.17, 15) is 5.11 Å². The molecule has 0 radical (unpaired) electrons. The van der Waals surface area contributed by atoms with Crippen LogP contribution in [0.3, 0.4) is 0 Å². The highest BCUT2D eigenvalue weighted by Gasteiger charge is 2.35.